The van der Waals surface area contributed by atoms with Gasteiger partial charge in [0.25, 0.3) is 0 Å². The number of nitriles is 1. The van der Waals surface area contributed by atoms with Crippen molar-refractivity contribution < 1.29 is 9.53 Å². The molecule has 1 fully saturated rings. The van der Waals surface area contributed by atoms with E-state index < -0.39 is 0 Å². The van der Waals surface area contributed by atoms with E-state index in [-0.39, 0.29) is 18.4 Å². The van der Waals surface area contributed by atoms with Crippen LogP contribution in [0, 0.1) is 17.2 Å². The highest BCUT2D eigenvalue weighted by molar-refractivity contribution is 5.92. The summed E-state index contributed by atoms with van der Waals surface area (Å²) in [5.41, 5.74) is 0.707. The van der Waals surface area contributed by atoms with Gasteiger partial charge in [-0.25, -0.2) is 0 Å². The summed E-state index contributed by atoms with van der Waals surface area (Å²) < 4.78 is 5.20. The van der Waals surface area contributed by atoms with Crippen molar-refractivity contribution in [3.8, 4) is 11.8 Å². The van der Waals surface area contributed by atoms with E-state index >= 15 is 0 Å². The number of ether oxygens (including phenoxy) is 1. The first-order chi connectivity index (χ1) is 9.29. The van der Waals surface area contributed by atoms with E-state index in [2.05, 4.69) is 10.6 Å². The summed E-state index contributed by atoms with van der Waals surface area (Å²) in [7, 11) is 0. The number of carbonyl (C=O) groups is 1. The van der Waals surface area contributed by atoms with Crippen molar-refractivity contribution in [1.82, 2.24) is 5.32 Å². The highest BCUT2D eigenvalue weighted by atomic mass is 16.5. The van der Waals surface area contributed by atoms with Crippen LogP contribution >= 0.6 is 0 Å². The van der Waals surface area contributed by atoms with Gasteiger partial charge in [-0.15, -0.1) is 0 Å². The van der Waals surface area contributed by atoms with Gasteiger partial charge in [0.15, 0.2) is 6.61 Å². The number of amides is 1. The number of carbonyl (C=O) groups excluding carboxylic acids is 1. The van der Waals surface area contributed by atoms with Gasteiger partial charge < -0.3 is 15.4 Å². The molecular weight excluding hydrogens is 242 g/mol. The quantitative estimate of drug-likeness (QED) is 0.860. The summed E-state index contributed by atoms with van der Waals surface area (Å²) >= 11 is 0. The van der Waals surface area contributed by atoms with Crippen LogP contribution in [-0.4, -0.2) is 25.6 Å². The lowest BCUT2D eigenvalue weighted by Crippen LogP contribution is -2.34. The van der Waals surface area contributed by atoms with E-state index in [0.29, 0.717) is 11.4 Å². The molecule has 5 heteroatoms. The number of hydrogen-bond donors (Lipinski definition) is 2. The first-order valence-electron chi connectivity index (χ1n) is 6.41. The van der Waals surface area contributed by atoms with Crippen molar-refractivity contribution >= 4 is 11.6 Å². The fraction of sp³-hybridized carbons (Fsp3) is 0.429. The highest BCUT2D eigenvalue weighted by Gasteiger charge is 2.20. The lowest BCUT2D eigenvalue weighted by Gasteiger charge is -2.21. The molecule has 2 N–H and O–H groups in total. The number of piperidine rings is 1. The average Bonchev–Trinajstić information content (AvgIpc) is 2.46. The fourth-order valence-corrected chi connectivity index (χ4v) is 2.11. The molecule has 1 aromatic carbocycles. The Morgan fingerprint density at radius 3 is 3.00 bits per heavy atom. The molecule has 0 unspecified atom stereocenters. The van der Waals surface area contributed by atoms with Gasteiger partial charge in [-0.2, -0.15) is 5.26 Å². The summed E-state index contributed by atoms with van der Waals surface area (Å²) in [5, 5.41) is 14.6. The lowest BCUT2D eigenvalue weighted by atomic mass is 9.97. The SMILES string of the molecule is N#CCOc1cccc(NC(=O)C2CCNCC2)c1. The van der Waals surface area contributed by atoms with Gasteiger partial charge >= 0.3 is 0 Å². The topological polar surface area (TPSA) is 74.1 Å². The van der Waals surface area contributed by atoms with Crippen LogP contribution in [0.15, 0.2) is 24.3 Å². The Morgan fingerprint density at radius 2 is 2.26 bits per heavy atom. The standard InChI is InChI=1S/C14H17N3O2/c15-6-9-19-13-3-1-2-12(10-13)17-14(18)11-4-7-16-8-5-11/h1-3,10-11,16H,4-5,7-9H2,(H,17,18). The van der Waals surface area contributed by atoms with Crippen molar-refractivity contribution in [1.29, 1.82) is 5.26 Å². The van der Waals surface area contributed by atoms with Crippen LogP contribution in [0.4, 0.5) is 5.69 Å². The smallest absolute Gasteiger partial charge is 0.227 e. The van der Waals surface area contributed by atoms with Crippen molar-refractivity contribution in [2.75, 3.05) is 25.0 Å². The van der Waals surface area contributed by atoms with Crippen LogP contribution in [0.2, 0.25) is 0 Å². The number of nitrogens with zero attached hydrogens (tertiary/aromatic N) is 1. The number of rotatable bonds is 4. The third-order valence-electron chi connectivity index (χ3n) is 3.11. The molecular formula is C14H17N3O2. The van der Waals surface area contributed by atoms with Crippen LogP contribution in [0.25, 0.3) is 0 Å². The molecule has 0 bridgehead atoms. The third-order valence-corrected chi connectivity index (χ3v) is 3.11. The molecule has 1 aromatic rings. The monoisotopic (exact) mass is 259 g/mol. The molecule has 1 heterocycles. The maximum absolute atomic E-state index is 12.1. The van der Waals surface area contributed by atoms with Crippen LogP contribution in [-0.2, 0) is 4.79 Å². The Hall–Kier alpha value is -2.06. The normalized spacial score (nSPS) is 15.5. The molecule has 1 aliphatic heterocycles. The number of hydrogen-bond acceptors (Lipinski definition) is 4. The first kappa shape index (κ1) is 13.4. The molecule has 2 rings (SSSR count). The summed E-state index contributed by atoms with van der Waals surface area (Å²) in [5.74, 6) is 0.716. The van der Waals surface area contributed by atoms with E-state index in [1.807, 2.05) is 12.1 Å². The molecule has 0 aliphatic carbocycles. The minimum Gasteiger partial charge on any atom is -0.479 e. The number of benzene rings is 1. The largest absolute Gasteiger partial charge is 0.479 e. The second-order valence-corrected chi connectivity index (χ2v) is 4.49. The van der Waals surface area contributed by atoms with E-state index in [4.69, 9.17) is 10.00 Å². The molecule has 1 aliphatic rings. The van der Waals surface area contributed by atoms with E-state index in [9.17, 15) is 4.79 Å². The van der Waals surface area contributed by atoms with E-state index in [1.165, 1.54) is 0 Å². The summed E-state index contributed by atoms with van der Waals surface area (Å²) in [6.45, 7) is 1.79. The van der Waals surface area contributed by atoms with Crippen LogP contribution in [0.5, 0.6) is 5.75 Å². The molecule has 0 aromatic heterocycles. The molecule has 0 atom stereocenters. The van der Waals surface area contributed by atoms with Crippen molar-refractivity contribution in [3.63, 3.8) is 0 Å². The fourth-order valence-electron chi connectivity index (χ4n) is 2.11. The minimum atomic E-state index is 0.00565. The van der Waals surface area contributed by atoms with Gasteiger partial charge in [0.05, 0.1) is 0 Å². The maximum Gasteiger partial charge on any atom is 0.227 e. The predicted molar refractivity (Wildman–Crippen MR) is 71.8 cm³/mol. The molecule has 0 saturated carbocycles. The van der Waals surface area contributed by atoms with Gasteiger partial charge in [-0.1, -0.05) is 6.07 Å². The van der Waals surface area contributed by atoms with Gasteiger partial charge in [-0.3, -0.25) is 4.79 Å². The Labute approximate surface area is 112 Å². The van der Waals surface area contributed by atoms with E-state index in [1.54, 1.807) is 18.2 Å². The zero-order valence-electron chi connectivity index (χ0n) is 10.7. The lowest BCUT2D eigenvalue weighted by molar-refractivity contribution is -0.120. The highest BCUT2D eigenvalue weighted by Crippen LogP contribution is 2.19. The van der Waals surface area contributed by atoms with Gasteiger partial charge in [0, 0.05) is 17.7 Å². The zero-order valence-corrected chi connectivity index (χ0v) is 10.7. The second kappa shape index (κ2) is 6.76. The number of nitrogens with one attached hydrogen (secondary N) is 2. The predicted octanol–water partition coefficient (Wildman–Crippen LogP) is 1.53. The van der Waals surface area contributed by atoms with Crippen LogP contribution < -0.4 is 15.4 Å². The maximum atomic E-state index is 12.1. The third kappa shape index (κ3) is 3.97. The van der Waals surface area contributed by atoms with Crippen LogP contribution in [0.3, 0.4) is 0 Å². The Bertz CT molecular complexity index is 476. The van der Waals surface area contributed by atoms with Gasteiger partial charge in [0.2, 0.25) is 5.91 Å². The Morgan fingerprint density at radius 1 is 1.47 bits per heavy atom. The zero-order chi connectivity index (χ0) is 13.5. The minimum absolute atomic E-state index is 0.00565. The van der Waals surface area contributed by atoms with Crippen LogP contribution in [0.1, 0.15) is 12.8 Å². The van der Waals surface area contributed by atoms with E-state index in [0.717, 1.165) is 25.9 Å². The Kier molecular flexibility index (Phi) is 4.76. The van der Waals surface area contributed by atoms with Crippen molar-refractivity contribution in [3.05, 3.63) is 24.3 Å². The molecule has 100 valence electrons. The molecule has 1 amide bonds. The molecule has 5 nitrogen and oxygen atoms in total. The first-order valence-corrected chi connectivity index (χ1v) is 6.41. The second-order valence-electron chi connectivity index (χ2n) is 4.49. The van der Waals surface area contributed by atoms with Crippen molar-refractivity contribution in [2.45, 2.75) is 12.8 Å². The molecule has 0 radical (unpaired) electrons. The van der Waals surface area contributed by atoms with Crippen molar-refractivity contribution in [2.24, 2.45) is 5.92 Å². The number of anilines is 1. The summed E-state index contributed by atoms with van der Waals surface area (Å²) in [4.78, 5) is 12.1. The molecule has 1 saturated heterocycles. The molecule has 19 heavy (non-hydrogen) atoms. The summed E-state index contributed by atoms with van der Waals surface area (Å²) in [6, 6.07) is 9.02. The van der Waals surface area contributed by atoms with Gasteiger partial charge in [0.1, 0.15) is 11.8 Å². The Balaban J connectivity index is 1.94. The average molecular weight is 259 g/mol. The summed E-state index contributed by atoms with van der Waals surface area (Å²) in [6.07, 6.45) is 1.74. The van der Waals surface area contributed by atoms with Gasteiger partial charge in [-0.05, 0) is 38.1 Å². The molecule has 0 spiro atoms.